The topological polar surface area (TPSA) is 17.1 Å². The summed E-state index contributed by atoms with van der Waals surface area (Å²) in [7, 11) is 5.43. The van der Waals surface area contributed by atoms with Crippen LogP contribution in [-0.4, -0.2) is 13.6 Å². The third-order valence-corrected chi connectivity index (χ3v) is 2.81. The fourth-order valence-corrected chi connectivity index (χ4v) is 1.69. The van der Waals surface area contributed by atoms with Gasteiger partial charge < -0.3 is 0 Å². The molecule has 0 spiro atoms. The second kappa shape index (κ2) is 5.85. The molecule has 1 nitrogen and oxygen atoms in total. The van der Waals surface area contributed by atoms with Gasteiger partial charge in [-0.25, -0.2) is 4.39 Å². The van der Waals surface area contributed by atoms with Gasteiger partial charge in [0.15, 0.2) is 5.78 Å². The van der Waals surface area contributed by atoms with Crippen LogP contribution in [0.25, 0.3) is 6.08 Å². The zero-order valence-corrected chi connectivity index (χ0v) is 10.7. The van der Waals surface area contributed by atoms with Crippen molar-refractivity contribution >= 4 is 36.8 Å². The van der Waals surface area contributed by atoms with E-state index in [1.807, 2.05) is 0 Å². The Morgan fingerprint density at radius 1 is 1.16 bits per heavy atom. The van der Waals surface area contributed by atoms with Crippen molar-refractivity contribution in [2.24, 2.45) is 0 Å². The Bertz CT molecular complexity index is 635. The molecule has 0 N–H and O–H groups in total. The number of carbonyl (C=O) groups excluding carboxylic acids is 1. The van der Waals surface area contributed by atoms with Crippen LogP contribution >= 0.6 is 11.6 Å². The first-order valence-electron chi connectivity index (χ1n) is 5.59. The Kier molecular flexibility index (Phi) is 4.18. The number of carbonyl (C=O) groups is 1. The largest absolute Gasteiger partial charge is 0.289 e. The van der Waals surface area contributed by atoms with Crippen LogP contribution in [-0.2, 0) is 0 Å². The molecule has 4 heteroatoms. The lowest BCUT2D eigenvalue weighted by Gasteiger charge is -2.00. The van der Waals surface area contributed by atoms with E-state index in [1.54, 1.807) is 30.3 Å². The number of allylic oxidation sites excluding steroid dienone is 1. The van der Waals surface area contributed by atoms with Gasteiger partial charge in [-0.05, 0) is 35.9 Å². The van der Waals surface area contributed by atoms with Crippen molar-refractivity contribution in [2.75, 3.05) is 0 Å². The third-order valence-electron chi connectivity index (χ3n) is 2.56. The second-order valence-corrected chi connectivity index (χ2v) is 4.42. The Hall–Kier alpha value is -1.87. The first kappa shape index (κ1) is 13.6. The van der Waals surface area contributed by atoms with Gasteiger partial charge in [0.1, 0.15) is 13.7 Å². The summed E-state index contributed by atoms with van der Waals surface area (Å²) in [4.78, 5) is 11.8. The average molecular weight is 270 g/mol. The molecule has 2 rings (SSSR count). The monoisotopic (exact) mass is 270 g/mol. The van der Waals surface area contributed by atoms with Crippen molar-refractivity contribution in [3.8, 4) is 0 Å². The summed E-state index contributed by atoms with van der Waals surface area (Å²) in [6, 6.07) is 11.0. The molecule has 0 aromatic heterocycles. The van der Waals surface area contributed by atoms with Crippen LogP contribution in [0, 0.1) is 5.82 Å². The van der Waals surface area contributed by atoms with Gasteiger partial charge in [-0.2, -0.15) is 0 Å². The number of rotatable bonds is 3. The van der Waals surface area contributed by atoms with E-state index < -0.39 is 11.6 Å². The first-order chi connectivity index (χ1) is 9.06. The Labute approximate surface area is 117 Å². The van der Waals surface area contributed by atoms with Crippen LogP contribution in [0.2, 0.25) is 5.02 Å². The Balaban J connectivity index is 2.18. The van der Waals surface area contributed by atoms with Crippen LogP contribution in [0.4, 0.5) is 4.39 Å². The van der Waals surface area contributed by atoms with Crippen molar-refractivity contribution in [3.63, 3.8) is 0 Å². The zero-order valence-electron chi connectivity index (χ0n) is 9.94. The van der Waals surface area contributed by atoms with Gasteiger partial charge in [0.25, 0.3) is 0 Å². The molecule has 0 amide bonds. The lowest BCUT2D eigenvalue weighted by atomic mass is 9.94. The molecule has 0 saturated carbocycles. The van der Waals surface area contributed by atoms with Crippen molar-refractivity contribution in [1.82, 2.24) is 0 Å². The number of halogens is 2. The van der Waals surface area contributed by atoms with E-state index in [0.717, 1.165) is 11.6 Å². The predicted octanol–water partition coefficient (Wildman–Crippen LogP) is 3.17. The minimum Gasteiger partial charge on any atom is -0.289 e. The lowest BCUT2D eigenvalue weighted by molar-refractivity contribution is 0.104. The van der Waals surface area contributed by atoms with E-state index >= 15 is 0 Å². The first-order valence-corrected chi connectivity index (χ1v) is 5.97. The number of hydrogen-bond acceptors (Lipinski definition) is 1. The highest BCUT2D eigenvalue weighted by Gasteiger charge is 2.08. The fourth-order valence-electron chi connectivity index (χ4n) is 1.57. The van der Waals surface area contributed by atoms with Crippen LogP contribution < -0.4 is 5.46 Å². The van der Waals surface area contributed by atoms with E-state index in [4.69, 9.17) is 19.4 Å². The molecule has 0 aliphatic heterocycles. The average Bonchev–Trinajstić information content (AvgIpc) is 2.37. The molecular formula is C15H9BClFO. The van der Waals surface area contributed by atoms with Crippen LogP contribution in [0.3, 0.4) is 0 Å². The minimum absolute atomic E-state index is 0.000543. The third kappa shape index (κ3) is 3.55. The van der Waals surface area contributed by atoms with E-state index in [2.05, 4.69) is 0 Å². The molecule has 2 aromatic carbocycles. The Morgan fingerprint density at radius 3 is 2.47 bits per heavy atom. The highest BCUT2D eigenvalue weighted by atomic mass is 35.5. The number of ketones is 1. The normalized spacial score (nSPS) is 10.8. The van der Waals surface area contributed by atoms with Crippen molar-refractivity contribution in [1.29, 1.82) is 0 Å². The van der Waals surface area contributed by atoms with Crippen LogP contribution in [0.5, 0.6) is 0 Å². The van der Waals surface area contributed by atoms with Crippen molar-refractivity contribution in [2.45, 2.75) is 0 Å². The molecule has 0 bridgehead atoms. The number of hydrogen-bond donors (Lipinski definition) is 0. The lowest BCUT2D eigenvalue weighted by Crippen LogP contribution is -2.07. The summed E-state index contributed by atoms with van der Waals surface area (Å²) in [6.07, 6.45) is 2.92. The molecule has 0 fully saturated rings. The second-order valence-electron chi connectivity index (χ2n) is 3.99. The van der Waals surface area contributed by atoms with Crippen LogP contribution in [0.1, 0.15) is 15.9 Å². The molecule has 2 aromatic rings. The van der Waals surface area contributed by atoms with E-state index in [1.165, 1.54) is 18.2 Å². The molecule has 0 heterocycles. The molecule has 19 heavy (non-hydrogen) atoms. The standard InChI is InChI=1S/C15H9BClFO/c16-11-4-7-13(14(18)9-11)15(19)8-3-10-1-5-12(17)6-2-10/h1-9H/b8-3+. The van der Waals surface area contributed by atoms with Crippen molar-refractivity contribution < 1.29 is 9.18 Å². The molecule has 0 unspecified atom stereocenters. The summed E-state index contributed by atoms with van der Waals surface area (Å²) in [5.74, 6) is -1.03. The quantitative estimate of drug-likeness (QED) is 0.476. The summed E-state index contributed by atoms with van der Waals surface area (Å²) in [6.45, 7) is 0. The van der Waals surface area contributed by atoms with Gasteiger partial charge in [-0.1, -0.05) is 41.3 Å². The number of benzene rings is 2. The molecule has 2 radical (unpaired) electrons. The summed E-state index contributed by atoms with van der Waals surface area (Å²) >= 11 is 5.75. The summed E-state index contributed by atoms with van der Waals surface area (Å²) < 4.78 is 13.5. The summed E-state index contributed by atoms with van der Waals surface area (Å²) in [5, 5.41) is 0.619. The van der Waals surface area contributed by atoms with E-state index in [0.29, 0.717) is 5.02 Å². The fraction of sp³-hybridized carbons (Fsp3) is 0. The maximum Gasteiger partial charge on any atom is 0.188 e. The van der Waals surface area contributed by atoms with E-state index in [-0.39, 0.29) is 11.0 Å². The van der Waals surface area contributed by atoms with Gasteiger partial charge in [0, 0.05) is 5.02 Å². The maximum atomic E-state index is 13.5. The molecule has 0 aliphatic rings. The zero-order chi connectivity index (χ0) is 13.8. The van der Waals surface area contributed by atoms with Gasteiger partial charge in [0.2, 0.25) is 0 Å². The summed E-state index contributed by atoms with van der Waals surface area (Å²) in [5.41, 5.74) is 1.10. The van der Waals surface area contributed by atoms with Crippen molar-refractivity contribution in [3.05, 3.63) is 70.5 Å². The van der Waals surface area contributed by atoms with Gasteiger partial charge in [-0.15, -0.1) is 0 Å². The molecule has 92 valence electrons. The van der Waals surface area contributed by atoms with Crippen LogP contribution in [0.15, 0.2) is 48.5 Å². The highest BCUT2D eigenvalue weighted by Crippen LogP contribution is 2.12. The molecular weight excluding hydrogens is 261 g/mol. The van der Waals surface area contributed by atoms with Gasteiger partial charge >= 0.3 is 0 Å². The van der Waals surface area contributed by atoms with E-state index in [9.17, 15) is 9.18 Å². The molecule has 0 aliphatic carbocycles. The Morgan fingerprint density at radius 2 is 1.84 bits per heavy atom. The minimum atomic E-state index is -0.620. The van der Waals surface area contributed by atoms with Gasteiger partial charge in [0.05, 0.1) is 5.56 Å². The SMILES string of the molecule is [B]c1ccc(C(=O)/C=C/c2ccc(Cl)cc2)c(F)c1. The smallest absolute Gasteiger partial charge is 0.188 e. The highest BCUT2D eigenvalue weighted by molar-refractivity contribution is 6.32. The van der Waals surface area contributed by atoms with Gasteiger partial charge in [-0.3, -0.25) is 4.79 Å². The predicted molar refractivity (Wildman–Crippen MR) is 76.6 cm³/mol. The molecule has 0 atom stereocenters. The molecule has 0 saturated heterocycles. The maximum absolute atomic E-state index is 13.5.